The van der Waals surface area contributed by atoms with Crippen molar-refractivity contribution in [2.24, 2.45) is 5.92 Å². The molecule has 2 aliphatic rings. The first-order valence-corrected chi connectivity index (χ1v) is 11.8. The number of hydrogen-bond donors (Lipinski definition) is 0. The van der Waals surface area contributed by atoms with Crippen LogP contribution in [0, 0.1) is 5.92 Å². The van der Waals surface area contributed by atoms with Gasteiger partial charge in [-0.3, -0.25) is 14.2 Å². The molecule has 5 rings (SSSR count). The predicted octanol–water partition coefficient (Wildman–Crippen LogP) is 4.26. The fraction of sp³-hybridized carbons (Fsp3) is 0.458. The van der Waals surface area contributed by atoms with E-state index in [2.05, 4.69) is 30.1 Å². The maximum absolute atomic E-state index is 13.3. The number of nitrogens with zero attached hydrogens (tertiary/aromatic N) is 3. The van der Waals surface area contributed by atoms with Crippen LogP contribution in [-0.2, 0) is 24.2 Å². The number of benzene rings is 1. The lowest BCUT2D eigenvalue weighted by Gasteiger charge is -2.30. The summed E-state index contributed by atoms with van der Waals surface area (Å²) in [6, 6.07) is 6.58. The molecule has 0 N–H and O–H groups in total. The maximum Gasteiger partial charge on any atom is 0.263 e. The molecule has 156 valence electrons. The van der Waals surface area contributed by atoms with Crippen LogP contribution >= 0.6 is 11.3 Å². The van der Waals surface area contributed by atoms with Gasteiger partial charge in [0.05, 0.1) is 11.7 Å². The number of amides is 1. The zero-order chi connectivity index (χ0) is 20.7. The normalized spacial score (nSPS) is 17.3. The molecular weight excluding hydrogens is 394 g/mol. The zero-order valence-corrected chi connectivity index (χ0v) is 18.2. The summed E-state index contributed by atoms with van der Waals surface area (Å²) in [5.41, 5.74) is 4.73. The van der Waals surface area contributed by atoms with Crippen LogP contribution < -0.4 is 5.56 Å². The number of aryl methyl sites for hydroxylation is 2. The Balaban J connectivity index is 1.47. The Morgan fingerprint density at radius 1 is 1.17 bits per heavy atom. The third-order valence-electron chi connectivity index (χ3n) is 6.66. The van der Waals surface area contributed by atoms with Crippen LogP contribution in [0.2, 0.25) is 0 Å². The topological polar surface area (TPSA) is 55.2 Å². The Morgan fingerprint density at radius 3 is 2.73 bits per heavy atom. The van der Waals surface area contributed by atoms with E-state index in [9.17, 15) is 9.59 Å². The van der Waals surface area contributed by atoms with E-state index in [0.29, 0.717) is 11.3 Å². The quantitative estimate of drug-likeness (QED) is 0.635. The van der Waals surface area contributed by atoms with Crippen molar-refractivity contribution in [3.05, 3.63) is 51.4 Å². The monoisotopic (exact) mass is 421 g/mol. The van der Waals surface area contributed by atoms with E-state index in [1.54, 1.807) is 0 Å². The number of likely N-dealkylation sites (tertiary alicyclic amines) is 1. The largest absolute Gasteiger partial charge is 0.341 e. The van der Waals surface area contributed by atoms with Crippen molar-refractivity contribution in [3.8, 4) is 11.1 Å². The Hall–Kier alpha value is -2.47. The minimum atomic E-state index is -0.118. The lowest BCUT2D eigenvalue weighted by molar-refractivity contribution is -0.133. The number of rotatable bonds is 3. The lowest BCUT2D eigenvalue weighted by Crippen LogP contribution is -2.41. The molecule has 30 heavy (non-hydrogen) atoms. The van der Waals surface area contributed by atoms with Gasteiger partial charge in [-0.05, 0) is 61.1 Å². The summed E-state index contributed by atoms with van der Waals surface area (Å²) in [5, 5.41) is 2.67. The van der Waals surface area contributed by atoms with Gasteiger partial charge in [0.25, 0.3) is 5.56 Å². The fourth-order valence-corrected chi connectivity index (χ4v) is 5.60. The summed E-state index contributed by atoms with van der Waals surface area (Å²) >= 11 is 1.50. The number of carbonyl (C=O) groups excluding carboxylic acids is 1. The van der Waals surface area contributed by atoms with Crippen molar-refractivity contribution in [3.63, 3.8) is 0 Å². The van der Waals surface area contributed by atoms with Gasteiger partial charge >= 0.3 is 0 Å². The third-order valence-corrected chi connectivity index (χ3v) is 7.55. The first kappa shape index (κ1) is 19.5. The highest BCUT2D eigenvalue weighted by Gasteiger charge is 2.22. The molecule has 0 radical (unpaired) electrons. The second kappa shape index (κ2) is 7.99. The van der Waals surface area contributed by atoms with Gasteiger partial charge < -0.3 is 4.90 Å². The van der Waals surface area contributed by atoms with Crippen molar-refractivity contribution in [1.29, 1.82) is 0 Å². The lowest BCUT2D eigenvalue weighted by atomic mass is 9.89. The summed E-state index contributed by atoms with van der Waals surface area (Å²) in [7, 11) is 0. The molecule has 0 spiro atoms. The first-order valence-electron chi connectivity index (χ1n) is 11.0. The summed E-state index contributed by atoms with van der Waals surface area (Å²) in [4.78, 5) is 33.2. The van der Waals surface area contributed by atoms with Gasteiger partial charge in [-0.15, -0.1) is 11.3 Å². The summed E-state index contributed by atoms with van der Waals surface area (Å²) in [5.74, 6) is 0.676. The van der Waals surface area contributed by atoms with Crippen LogP contribution in [0.15, 0.2) is 34.7 Å². The number of thiophene rings is 1. The fourth-order valence-electron chi connectivity index (χ4n) is 4.70. The number of aromatic nitrogens is 2. The van der Waals surface area contributed by atoms with Crippen LogP contribution in [0.5, 0.6) is 0 Å². The highest BCUT2D eigenvalue weighted by atomic mass is 32.1. The predicted molar refractivity (Wildman–Crippen MR) is 121 cm³/mol. The molecule has 3 heterocycles. The van der Waals surface area contributed by atoms with E-state index in [0.717, 1.165) is 54.7 Å². The van der Waals surface area contributed by atoms with Crippen molar-refractivity contribution in [2.45, 2.75) is 52.0 Å². The Kier molecular flexibility index (Phi) is 5.19. The van der Waals surface area contributed by atoms with Crippen molar-refractivity contribution >= 4 is 27.5 Å². The van der Waals surface area contributed by atoms with E-state index in [1.165, 1.54) is 46.2 Å². The molecule has 0 unspecified atom stereocenters. The van der Waals surface area contributed by atoms with Gasteiger partial charge in [-0.1, -0.05) is 25.1 Å². The first-order chi connectivity index (χ1) is 14.6. The molecule has 1 aliphatic heterocycles. The average Bonchev–Trinajstić information content (AvgIpc) is 3.21. The van der Waals surface area contributed by atoms with E-state index in [1.807, 2.05) is 10.3 Å². The molecule has 0 bridgehead atoms. The molecule has 0 saturated carbocycles. The smallest absolute Gasteiger partial charge is 0.263 e. The van der Waals surface area contributed by atoms with Gasteiger partial charge in [0, 0.05) is 24.0 Å². The average molecular weight is 422 g/mol. The standard InChI is InChI=1S/C24H27N3O2S/c1-16-8-10-26(11-9-16)21(28)13-27-15-25-23-22(24(27)29)20(14-30-23)19-7-6-17-4-2-3-5-18(17)12-19/h6-7,12,14-16H,2-5,8-11,13H2,1H3. The molecule has 1 amide bonds. The van der Waals surface area contributed by atoms with Crippen LogP contribution in [0.4, 0.5) is 0 Å². The molecule has 5 nitrogen and oxygen atoms in total. The van der Waals surface area contributed by atoms with E-state index in [4.69, 9.17) is 0 Å². The van der Waals surface area contributed by atoms with Crippen LogP contribution in [0.3, 0.4) is 0 Å². The minimum Gasteiger partial charge on any atom is -0.341 e. The Morgan fingerprint density at radius 2 is 1.93 bits per heavy atom. The van der Waals surface area contributed by atoms with Gasteiger partial charge in [-0.2, -0.15) is 0 Å². The van der Waals surface area contributed by atoms with Gasteiger partial charge in [0.15, 0.2) is 0 Å². The van der Waals surface area contributed by atoms with Crippen molar-refractivity contribution < 1.29 is 4.79 Å². The molecular formula is C24H27N3O2S. The number of hydrogen-bond acceptors (Lipinski definition) is 4. The summed E-state index contributed by atoms with van der Waals surface area (Å²) in [6.07, 6.45) is 8.33. The molecule has 1 saturated heterocycles. The molecule has 1 aromatic carbocycles. The summed E-state index contributed by atoms with van der Waals surface area (Å²) < 4.78 is 1.48. The SMILES string of the molecule is CC1CCN(C(=O)Cn2cnc3scc(-c4ccc5c(c4)CCCC5)c3c2=O)CC1. The van der Waals surface area contributed by atoms with Crippen LogP contribution in [-0.4, -0.2) is 33.4 Å². The highest BCUT2D eigenvalue weighted by Crippen LogP contribution is 2.33. The second-order valence-electron chi connectivity index (χ2n) is 8.76. The molecule has 6 heteroatoms. The number of fused-ring (bicyclic) bond motifs is 2. The van der Waals surface area contributed by atoms with Gasteiger partial charge in [-0.25, -0.2) is 4.98 Å². The highest BCUT2D eigenvalue weighted by molar-refractivity contribution is 7.17. The number of carbonyl (C=O) groups is 1. The molecule has 1 aliphatic carbocycles. The van der Waals surface area contributed by atoms with Gasteiger partial charge in [0.2, 0.25) is 5.91 Å². The van der Waals surface area contributed by atoms with Crippen molar-refractivity contribution in [2.75, 3.05) is 13.1 Å². The van der Waals surface area contributed by atoms with Crippen LogP contribution in [0.1, 0.15) is 43.7 Å². The molecule has 3 aromatic rings. The number of piperidine rings is 1. The molecule has 2 aromatic heterocycles. The van der Waals surface area contributed by atoms with E-state index in [-0.39, 0.29) is 18.0 Å². The van der Waals surface area contributed by atoms with Crippen molar-refractivity contribution in [1.82, 2.24) is 14.5 Å². The molecule has 1 fully saturated rings. The zero-order valence-electron chi connectivity index (χ0n) is 17.4. The third kappa shape index (κ3) is 3.58. The molecule has 0 atom stereocenters. The Labute approximate surface area is 180 Å². The summed E-state index contributed by atoms with van der Waals surface area (Å²) in [6.45, 7) is 3.85. The Bertz CT molecular complexity index is 1150. The second-order valence-corrected chi connectivity index (χ2v) is 9.62. The van der Waals surface area contributed by atoms with E-state index < -0.39 is 0 Å². The maximum atomic E-state index is 13.3. The van der Waals surface area contributed by atoms with Crippen LogP contribution in [0.25, 0.3) is 21.3 Å². The van der Waals surface area contributed by atoms with Gasteiger partial charge in [0.1, 0.15) is 11.4 Å². The van der Waals surface area contributed by atoms with E-state index >= 15 is 0 Å². The minimum absolute atomic E-state index is 0.00992.